The molecule has 94 valence electrons. The first-order valence-corrected chi connectivity index (χ1v) is 5.26. The Balaban J connectivity index is 4.57. The smallest absolute Gasteiger partial charge is 0.410 e. The van der Waals surface area contributed by atoms with Crippen molar-refractivity contribution in [3.05, 3.63) is 0 Å². The third-order valence-corrected chi connectivity index (χ3v) is 2.01. The SMILES string of the molecule is CCC(C(=O)OC)N(C)C(=O)OC(C)(C)C. The van der Waals surface area contributed by atoms with Crippen molar-refractivity contribution in [1.82, 2.24) is 4.90 Å². The van der Waals surface area contributed by atoms with Gasteiger partial charge in [0.1, 0.15) is 11.6 Å². The quantitative estimate of drug-likeness (QED) is 0.695. The van der Waals surface area contributed by atoms with E-state index in [1.807, 2.05) is 6.92 Å². The molecule has 0 aromatic rings. The average molecular weight is 231 g/mol. The Hall–Kier alpha value is -1.26. The van der Waals surface area contributed by atoms with E-state index in [1.165, 1.54) is 19.1 Å². The number of rotatable bonds is 3. The molecule has 0 spiro atoms. The summed E-state index contributed by atoms with van der Waals surface area (Å²) in [6.07, 6.45) is -0.0349. The molecule has 0 aromatic heterocycles. The van der Waals surface area contributed by atoms with E-state index in [9.17, 15) is 9.59 Å². The van der Waals surface area contributed by atoms with Crippen LogP contribution in [0.15, 0.2) is 0 Å². The lowest BCUT2D eigenvalue weighted by Crippen LogP contribution is -2.44. The summed E-state index contributed by atoms with van der Waals surface area (Å²) in [6.45, 7) is 7.13. The van der Waals surface area contributed by atoms with Gasteiger partial charge in [-0.1, -0.05) is 6.92 Å². The minimum Gasteiger partial charge on any atom is -0.467 e. The van der Waals surface area contributed by atoms with Gasteiger partial charge in [-0.05, 0) is 27.2 Å². The Labute approximate surface area is 96.7 Å². The first-order chi connectivity index (χ1) is 7.22. The van der Waals surface area contributed by atoms with Crippen LogP contribution in [0, 0.1) is 0 Å². The van der Waals surface area contributed by atoms with E-state index in [-0.39, 0.29) is 0 Å². The molecule has 0 aliphatic heterocycles. The van der Waals surface area contributed by atoms with Gasteiger partial charge in [0.05, 0.1) is 7.11 Å². The summed E-state index contributed by atoms with van der Waals surface area (Å²) in [6, 6.07) is -0.597. The van der Waals surface area contributed by atoms with Crippen LogP contribution < -0.4 is 0 Å². The first-order valence-electron chi connectivity index (χ1n) is 5.26. The van der Waals surface area contributed by atoms with Crippen LogP contribution in [0.4, 0.5) is 4.79 Å². The highest BCUT2D eigenvalue weighted by Crippen LogP contribution is 2.12. The highest BCUT2D eigenvalue weighted by molar-refractivity contribution is 5.81. The Morgan fingerprint density at radius 3 is 2.12 bits per heavy atom. The third kappa shape index (κ3) is 4.51. The van der Waals surface area contributed by atoms with Crippen molar-refractivity contribution in [2.24, 2.45) is 0 Å². The number of methoxy groups -OCH3 is 1. The molecular formula is C11H21NO4. The maximum atomic E-state index is 11.7. The van der Waals surface area contributed by atoms with Gasteiger partial charge in [0.25, 0.3) is 0 Å². The summed E-state index contributed by atoms with van der Waals surface area (Å²) >= 11 is 0. The Morgan fingerprint density at radius 1 is 1.31 bits per heavy atom. The highest BCUT2D eigenvalue weighted by atomic mass is 16.6. The summed E-state index contributed by atoms with van der Waals surface area (Å²) in [5.41, 5.74) is -0.570. The molecule has 1 amide bonds. The molecular weight excluding hydrogens is 210 g/mol. The van der Waals surface area contributed by atoms with Gasteiger partial charge >= 0.3 is 12.1 Å². The fourth-order valence-corrected chi connectivity index (χ4v) is 1.20. The number of nitrogens with zero attached hydrogens (tertiary/aromatic N) is 1. The van der Waals surface area contributed by atoms with E-state index < -0.39 is 23.7 Å². The minimum absolute atomic E-state index is 0.434. The molecule has 0 fully saturated rings. The number of likely N-dealkylation sites (N-methyl/N-ethyl adjacent to an activating group) is 1. The lowest BCUT2D eigenvalue weighted by molar-refractivity contribution is -0.146. The van der Waals surface area contributed by atoms with E-state index in [1.54, 1.807) is 20.8 Å². The molecule has 5 nitrogen and oxygen atoms in total. The molecule has 0 radical (unpaired) electrons. The van der Waals surface area contributed by atoms with Crippen LogP contribution in [-0.4, -0.2) is 42.8 Å². The Kier molecular flexibility index (Phi) is 5.27. The second-order valence-electron chi connectivity index (χ2n) is 4.54. The van der Waals surface area contributed by atoms with Gasteiger partial charge in [-0.25, -0.2) is 9.59 Å². The van der Waals surface area contributed by atoms with Crippen LogP contribution in [-0.2, 0) is 14.3 Å². The van der Waals surface area contributed by atoms with Crippen LogP contribution >= 0.6 is 0 Å². The fraction of sp³-hybridized carbons (Fsp3) is 0.818. The lowest BCUT2D eigenvalue weighted by atomic mass is 10.2. The van der Waals surface area contributed by atoms with Gasteiger partial charge in [-0.2, -0.15) is 0 Å². The fourth-order valence-electron chi connectivity index (χ4n) is 1.20. The number of hydrogen-bond acceptors (Lipinski definition) is 4. The number of hydrogen-bond donors (Lipinski definition) is 0. The van der Waals surface area contributed by atoms with Gasteiger partial charge < -0.3 is 9.47 Å². The molecule has 0 saturated carbocycles. The monoisotopic (exact) mass is 231 g/mol. The van der Waals surface area contributed by atoms with Crippen molar-refractivity contribution in [2.45, 2.75) is 45.8 Å². The molecule has 16 heavy (non-hydrogen) atoms. The summed E-state index contributed by atoms with van der Waals surface area (Å²) in [7, 11) is 2.83. The number of carbonyl (C=O) groups is 2. The normalized spacial score (nSPS) is 12.9. The predicted molar refractivity (Wildman–Crippen MR) is 60.1 cm³/mol. The summed E-state index contributed by atoms with van der Waals surface area (Å²) in [4.78, 5) is 24.3. The molecule has 0 heterocycles. The van der Waals surface area contributed by atoms with Crippen LogP contribution in [0.3, 0.4) is 0 Å². The zero-order valence-corrected chi connectivity index (χ0v) is 10.9. The molecule has 0 aliphatic carbocycles. The average Bonchev–Trinajstić information content (AvgIpc) is 2.15. The van der Waals surface area contributed by atoms with Crippen molar-refractivity contribution < 1.29 is 19.1 Å². The van der Waals surface area contributed by atoms with Gasteiger partial charge in [-0.3, -0.25) is 4.90 Å². The van der Waals surface area contributed by atoms with E-state index in [0.29, 0.717) is 6.42 Å². The number of ether oxygens (including phenoxy) is 2. The van der Waals surface area contributed by atoms with Gasteiger partial charge in [0.15, 0.2) is 0 Å². The van der Waals surface area contributed by atoms with Crippen LogP contribution in [0.25, 0.3) is 0 Å². The van der Waals surface area contributed by atoms with Crippen molar-refractivity contribution in [3.63, 3.8) is 0 Å². The molecule has 1 unspecified atom stereocenters. The molecule has 0 rings (SSSR count). The molecule has 0 saturated heterocycles. The Morgan fingerprint density at radius 2 is 1.81 bits per heavy atom. The lowest BCUT2D eigenvalue weighted by Gasteiger charge is -2.28. The molecule has 0 N–H and O–H groups in total. The molecule has 5 heteroatoms. The molecule has 0 aliphatic rings. The van der Waals surface area contributed by atoms with E-state index >= 15 is 0 Å². The number of amides is 1. The minimum atomic E-state index is -0.597. The van der Waals surface area contributed by atoms with Crippen molar-refractivity contribution >= 4 is 12.1 Å². The highest BCUT2D eigenvalue weighted by Gasteiger charge is 2.29. The van der Waals surface area contributed by atoms with Crippen molar-refractivity contribution in [3.8, 4) is 0 Å². The summed E-state index contributed by atoms with van der Waals surface area (Å²) in [5.74, 6) is -0.434. The maximum Gasteiger partial charge on any atom is 0.410 e. The van der Waals surface area contributed by atoms with Gasteiger partial charge in [0, 0.05) is 7.05 Å². The van der Waals surface area contributed by atoms with E-state index in [4.69, 9.17) is 4.74 Å². The summed E-state index contributed by atoms with van der Waals surface area (Å²) in [5, 5.41) is 0. The molecule has 0 aromatic carbocycles. The number of carbonyl (C=O) groups excluding carboxylic acids is 2. The van der Waals surface area contributed by atoms with Crippen molar-refractivity contribution in [1.29, 1.82) is 0 Å². The molecule has 0 bridgehead atoms. The van der Waals surface area contributed by atoms with Gasteiger partial charge in [-0.15, -0.1) is 0 Å². The molecule has 1 atom stereocenters. The largest absolute Gasteiger partial charge is 0.467 e. The first kappa shape index (κ1) is 14.7. The van der Waals surface area contributed by atoms with E-state index in [2.05, 4.69) is 4.74 Å². The summed E-state index contributed by atoms with van der Waals surface area (Å²) < 4.78 is 9.77. The zero-order valence-electron chi connectivity index (χ0n) is 10.9. The Bertz CT molecular complexity index is 257. The topological polar surface area (TPSA) is 55.8 Å². The maximum absolute atomic E-state index is 11.7. The van der Waals surface area contributed by atoms with Crippen LogP contribution in [0.5, 0.6) is 0 Å². The number of esters is 1. The van der Waals surface area contributed by atoms with Crippen LogP contribution in [0.2, 0.25) is 0 Å². The zero-order chi connectivity index (χ0) is 12.9. The second kappa shape index (κ2) is 5.72. The van der Waals surface area contributed by atoms with E-state index in [0.717, 1.165) is 0 Å². The standard InChI is InChI=1S/C11H21NO4/c1-7-8(9(13)15-6)12(5)10(14)16-11(2,3)4/h8H,7H2,1-6H3. The predicted octanol–water partition coefficient (Wildman–Crippen LogP) is 1.80. The van der Waals surface area contributed by atoms with Crippen LogP contribution in [0.1, 0.15) is 34.1 Å². The second-order valence-corrected chi connectivity index (χ2v) is 4.54. The van der Waals surface area contributed by atoms with Gasteiger partial charge in [0.2, 0.25) is 0 Å². The van der Waals surface area contributed by atoms with Crippen molar-refractivity contribution in [2.75, 3.05) is 14.2 Å². The third-order valence-electron chi connectivity index (χ3n) is 2.01.